The molecule has 0 saturated heterocycles. The van der Waals surface area contributed by atoms with E-state index in [1.165, 1.54) is 18.2 Å². The molecular formula is C11H13N3O3. The summed E-state index contributed by atoms with van der Waals surface area (Å²) in [7, 11) is 0. The summed E-state index contributed by atoms with van der Waals surface area (Å²) in [5.74, 6) is 0. The number of carbonyl (C=O) groups excluding carboxylic acids is 3. The van der Waals surface area contributed by atoms with Crippen LogP contribution in [0, 0.1) is 0 Å². The van der Waals surface area contributed by atoms with E-state index < -0.39 is 0 Å². The van der Waals surface area contributed by atoms with Gasteiger partial charge >= 0.3 is 0 Å². The molecule has 90 valence electrons. The van der Waals surface area contributed by atoms with Gasteiger partial charge in [0.05, 0.1) is 18.1 Å². The van der Waals surface area contributed by atoms with Crippen LogP contribution in [0.4, 0.5) is 0 Å². The second-order valence-corrected chi connectivity index (χ2v) is 4.02. The molecule has 0 N–H and O–H groups in total. The SMILES string of the molecule is O=C=NC1CCCC(N=C=O)CC(N=C=O)C1. The van der Waals surface area contributed by atoms with Crippen molar-refractivity contribution >= 4 is 18.2 Å². The third kappa shape index (κ3) is 4.66. The second-order valence-electron chi connectivity index (χ2n) is 4.02. The van der Waals surface area contributed by atoms with Gasteiger partial charge in [0.15, 0.2) is 0 Å². The van der Waals surface area contributed by atoms with Crippen LogP contribution in [0.3, 0.4) is 0 Å². The number of aliphatic imine (C=N–C) groups is 3. The Kier molecular flexibility index (Phi) is 5.76. The molecule has 1 saturated carbocycles. The number of rotatable bonds is 3. The summed E-state index contributed by atoms with van der Waals surface area (Å²) in [5, 5.41) is 0. The molecule has 0 heterocycles. The van der Waals surface area contributed by atoms with Gasteiger partial charge in [0, 0.05) is 0 Å². The van der Waals surface area contributed by atoms with Gasteiger partial charge in [0.2, 0.25) is 18.2 Å². The lowest BCUT2D eigenvalue weighted by Gasteiger charge is -2.22. The van der Waals surface area contributed by atoms with Crippen LogP contribution in [0.15, 0.2) is 15.0 Å². The Morgan fingerprint density at radius 2 is 1.12 bits per heavy atom. The lowest BCUT2D eigenvalue weighted by atomic mass is 9.91. The summed E-state index contributed by atoms with van der Waals surface area (Å²) in [6.07, 6.45) is 7.81. The van der Waals surface area contributed by atoms with Crippen LogP contribution in [0.5, 0.6) is 0 Å². The molecule has 17 heavy (non-hydrogen) atoms. The molecule has 0 radical (unpaired) electrons. The van der Waals surface area contributed by atoms with Gasteiger partial charge in [-0.3, -0.25) is 0 Å². The molecular weight excluding hydrogens is 222 g/mol. The highest BCUT2D eigenvalue weighted by Crippen LogP contribution is 2.23. The Morgan fingerprint density at radius 1 is 0.706 bits per heavy atom. The molecule has 6 nitrogen and oxygen atoms in total. The van der Waals surface area contributed by atoms with E-state index in [4.69, 9.17) is 0 Å². The topological polar surface area (TPSA) is 88.3 Å². The Hall–Kier alpha value is -1.86. The summed E-state index contributed by atoms with van der Waals surface area (Å²) in [6.45, 7) is 0. The van der Waals surface area contributed by atoms with E-state index in [2.05, 4.69) is 15.0 Å². The summed E-state index contributed by atoms with van der Waals surface area (Å²) in [4.78, 5) is 41.8. The van der Waals surface area contributed by atoms with E-state index in [1.807, 2.05) is 0 Å². The zero-order valence-electron chi connectivity index (χ0n) is 9.33. The van der Waals surface area contributed by atoms with Gasteiger partial charge in [0.25, 0.3) is 0 Å². The van der Waals surface area contributed by atoms with Crippen molar-refractivity contribution in [3.63, 3.8) is 0 Å². The molecule has 0 aromatic rings. The van der Waals surface area contributed by atoms with E-state index in [1.54, 1.807) is 0 Å². The van der Waals surface area contributed by atoms with Crippen LogP contribution in [-0.2, 0) is 14.4 Å². The van der Waals surface area contributed by atoms with Crippen LogP contribution in [0.2, 0.25) is 0 Å². The number of hydrogen-bond donors (Lipinski definition) is 0. The fourth-order valence-electron chi connectivity index (χ4n) is 2.11. The molecule has 0 aromatic carbocycles. The molecule has 2 unspecified atom stereocenters. The average Bonchev–Trinajstić information content (AvgIpc) is 2.27. The predicted molar refractivity (Wildman–Crippen MR) is 58.8 cm³/mol. The van der Waals surface area contributed by atoms with E-state index in [9.17, 15) is 14.4 Å². The predicted octanol–water partition coefficient (Wildman–Crippen LogP) is 1.06. The van der Waals surface area contributed by atoms with Gasteiger partial charge in [0.1, 0.15) is 0 Å². The van der Waals surface area contributed by atoms with Gasteiger partial charge in [-0.1, -0.05) is 0 Å². The van der Waals surface area contributed by atoms with Gasteiger partial charge in [-0.25, -0.2) is 29.4 Å². The summed E-state index contributed by atoms with van der Waals surface area (Å²) in [6, 6.07) is -0.608. The largest absolute Gasteiger partial charge is 0.235 e. The van der Waals surface area contributed by atoms with E-state index >= 15 is 0 Å². The fraction of sp³-hybridized carbons (Fsp3) is 0.727. The average molecular weight is 235 g/mol. The van der Waals surface area contributed by atoms with Crippen LogP contribution in [0.1, 0.15) is 32.1 Å². The maximum atomic E-state index is 10.3. The first-order valence-corrected chi connectivity index (χ1v) is 5.51. The smallest absolute Gasteiger partial charge is 0.211 e. The van der Waals surface area contributed by atoms with Crippen LogP contribution < -0.4 is 0 Å². The standard InChI is InChI=1S/C11H13N3O3/c15-6-12-9-2-1-3-10(13-7-16)5-11(4-9)14-8-17/h9-11H,1-5H2. The van der Waals surface area contributed by atoms with Crippen LogP contribution in [-0.4, -0.2) is 36.4 Å². The van der Waals surface area contributed by atoms with Crippen molar-refractivity contribution in [2.75, 3.05) is 0 Å². The molecule has 0 aliphatic heterocycles. The highest BCUT2D eigenvalue weighted by atomic mass is 16.1. The number of isocyanates is 3. The monoisotopic (exact) mass is 235 g/mol. The maximum absolute atomic E-state index is 10.3. The summed E-state index contributed by atoms with van der Waals surface area (Å²) >= 11 is 0. The van der Waals surface area contributed by atoms with Gasteiger partial charge in [-0.05, 0) is 32.1 Å². The Morgan fingerprint density at radius 3 is 1.53 bits per heavy atom. The first-order chi connectivity index (χ1) is 8.30. The zero-order valence-corrected chi connectivity index (χ0v) is 9.33. The van der Waals surface area contributed by atoms with Crippen molar-refractivity contribution < 1.29 is 14.4 Å². The quantitative estimate of drug-likeness (QED) is 0.541. The first kappa shape index (κ1) is 13.2. The molecule has 1 fully saturated rings. The van der Waals surface area contributed by atoms with E-state index in [0.29, 0.717) is 25.7 Å². The molecule has 0 aromatic heterocycles. The van der Waals surface area contributed by atoms with Crippen LogP contribution in [0.25, 0.3) is 0 Å². The van der Waals surface area contributed by atoms with Crippen LogP contribution >= 0.6 is 0 Å². The highest BCUT2D eigenvalue weighted by molar-refractivity contribution is 5.35. The maximum Gasteiger partial charge on any atom is 0.235 e. The molecule has 2 atom stereocenters. The molecule has 6 heteroatoms. The lowest BCUT2D eigenvalue weighted by Crippen LogP contribution is -2.23. The highest BCUT2D eigenvalue weighted by Gasteiger charge is 2.23. The van der Waals surface area contributed by atoms with Gasteiger partial charge in [-0.15, -0.1) is 0 Å². The molecule has 1 aliphatic carbocycles. The van der Waals surface area contributed by atoms with Gasteiger partial charge in [-0.2, -0.15) is 0 Å². The summed E-state index contributed by atoms with van der Waals surface area (Å²) in [5.41, 5.74) is 0. The van der Waals surface area contributed by atoms with Crippen molar-refractivity contribution in [1.29, 1.82) is 0 Å². The molecule has 0 spiro atoms. The Balaban J connectivity index is 2.76. The third-order valence-electron chi connectivity index (χ3n) is 2.87. The summed E-state index contributed by atoms with van der Waals surface area (Å²) < 4.78 is 0. The number of hydrogen-bond acceptors (Lipinski definition) is 6. The minimum absolute atomic E-state index is 0.157. The lowest BCUT2D eigenvalue weighted by molar-refractivity contribution is 0.381. The third-order valence-corrected chi connectivity index (χ3v) is 2.87. The Bertz CT molecular complexity index is 363. The van der Waals surface area contributed by atoms with Crippen molar-refractivity contribution in [2.45, 2.75) is 50.2 Å². The Labute approximate surface area is 98.6 Å². The minimum Gasteiger partial charge on any atom is -0.211 e. The van der Waals surface area contributed by atoms with Crippen molar-refractivity contribution in [1.82, 2.24) is 0 Å². The number of nitrogens with zero attached hydrogens (tertiary/aromatic N) is 3. The molecule has 0 bridgehead atoms. The molecule has 1 aliphatic rings. The molecule has 1 rings (SSSR count). The minimum atomic E-state index is -0.294. The van der Waals surface area contributed by atoms with E-state index in [-0.39, 0.29) is 18.1 Å². The zero-order chi connectivity index (χ0) is 12.5. The van der Waals surface area contributed by atoms with Gasteiger partial charge < -0.3 is 0 Å². The van der Waals surface area contributed by atoms with Crippen molar-refractivity contribution in [3.05, 3.63) is 0 Å². The fourth-order valence-corrected chi connectivity index (χ4v) is 2.11. The van der Waals surface area contributed by atoms with Crippen molar-refractivity contribution in [2.24, 2.45) is 15.0 Å². The second kappa shape index (κ2) is 7.42. The molecule has 0 amide bonds. The van der Waals surface area contributed by atoms with E-state index in [0.717, 1.165) is 6.42 Å². The first-order valence-electron chi connectivity index (χ1n) is 5.51. The van der Waals surface area contributed by atoms with Crippen molar-refractivity contribution in [3.8, 4) is 0 Å². The normalized spacial score (nSPS) is 28.6.